The summed E-state index contributed by atoms with van der Waals surface area (Å²) in [7, 11) is 4.10. The van der Waals surface area contributed by atoms with Gasteiger partial charge in [-0.25, -0.2) is 0 Å². The van der Waals surface area contributed by atoms with Crippen LogP contribution in [-0.4, -0.2) is 26.8 Å². The molecule has 0 fully saturated rings. The van der Waals surface area contributed by atoms with E-state index in [4.69, 9.17) is 4.74 Å². The fourth-order valence-electron chi connectivity index (χ4n) is 1.37. The summed E-state index contributed by atoms with van der Waals surface area (Å²) in [5.41, 5.74) is 2.57. The van der Waals surface area contributed by atoms with Gasteiger partial charge in [-0.3, -0.25) is 0 Å². The molecule has 2 heteroatoms. The first-order chi connectivity index (χ1) is 7.09. The molecule has 0 N–H and O–H groups in total. The number of hydrogen-bond donors (Lipinski definition) is 0. The van der Waals surface area contributed by atoms with E-state index in [-0.39, 0.29) is 0 Å². The molecule has 0 bridgehead atoms. The molecule has 0 radical (unpaired) electrons. The number of benzene rings is 1. The molecule has 0 amide bonds. The van der Waals surface area contributed by atoms with Crippen LogP contribution in [0.1, 0.15) is 19.4 Å². The number of nitrogens with zero attached hydrogens (tertiary/aromatic N) is 1. The van der Waals surface area contributed by atoms with E-state index in [1.54, 1.807) is 0 Å². The van der Waals surface area contributed by atoms with Crippen LogP contribution in [0.4, 0.5) is 5.69 Å². The number of ether oxygens (including phenoxy) is 1. The average Bonchev–Trinajstić information content (AvgIpc) is 2.18. The maximum atomic E-state index is 5.51. The van der Waals surface area contributed by atoms with Gasteiger partial charge in [-0.05, 0) is 38.0 Å². The molecule has 1 aromatic rings. The Bertz CT molecular complexity index is 277. The van der Waals surface area contributed by atoms with Crippen LogP contribution in [0.2, 0.25) is 0 Å². The van der Waals surface area contributed by atoms with Gasteiger partial charge in [0.2, 0.25) is 0 Å². The van der Waals surface area contributed by atoms with E-state index in [9.17, 15) is 0 Å². The standard InChI is InChI=1S/C13H21NO/c1-11(2)15-10-9-12-5-7-13(8-6-12)14(3)4/h5-8,11H,9-10H2,1-4H3. The molecule has 0 aliphatic rings. The van der Waals surface area contributed by atoms with E-state index in [2.05, 4.69) is 57.1 Å². The Labute approximate surface area is 92.9 Å². The van der Waals surface area contributed by atoms with Crippen molar-refractivity contribution >= 4 is 5.69 Å². The maximum Gasteiger partial charge on any atom is 0.0519 e. The third kappa shape index (κ3) is 4.34. The minimum absolute atomic E-state index is 0.325. The summed E-state index contributed by atoms with van der Waals surface area (Å²) in [5, 5.41) is 0. The zero-order chi connectivity index (χ0) is 11.3. The van der Waals surface area contributed by atoms with Gasteiger partial charge in [0.15, 0.2) is 0 Å². The summed E-state index contributed by atoms with van der Waals surface area (Å²) >= 11 is 0. The van der Waals surface area contributed by atoms with Crippen molar-refractivity contribution in [2.24, 2.45) is 0 Å². The Balaban J connectivity index is 2.43. The number of anilines is 1. The first kappa shape index (κ1) is 12.1. The Morgan fingerprint density at radius 2 is 1.73 bits per heavy atom. The van der Waals surface area contributed by atoms with E-state index < -0.39 is 0 Å². The predicted molar refractivity (Wildman–Crippen MR) is 65.6 cm³/mol. The van der Waals surface area contributed by atoms with Crippen molar-refractivity contribution in [2.75, 3.05) is 25.6 Å². The van der Waals surface area contributed by atoms with Crippen molar-refractivity contribution in [3.63, 3.8) is 0 Å². The van der Waals surface area contributed by atoms with E-state index in [0.29, 0.717) is 6.10 Å². The second-order valence-corrected chi connectivity index (χ2v) is 4.23. The maximum absolute atomic E-state index is 5.51. The summed E-state index contributed by atoms with van der Waals surface area (Å²) in [6.07, 6.45) is 1.32. The van der Waals surface area contributed by atoms with Crippen molar-refractivity contribution in [1.82, 2.24) is 0 Å². The fourth-order valence-corrected chi connectivity index (χ4v) is 1.37. The Morgan fingerprint density at radius 1 is 1.13 bits per heavy atom. The van der Waals surface area contributed by atoms with Crippen molar-refractivity contribution < 1.29 is 4.74 Å². The highest BCUT2D eigenvalue weighted by atomic mass is 16.5. The highest BCUT2D eigenvalue weighted by Gasteiger charge is 1.97. The second kappa shape index (κ2) is 5.76. The third-order valence-corrected chi connectivity index (χ3v) is 2.29. The lowest BCUT2D eigenvalue weighted by molar-refractivity contribution is 0.0813. The normalized spacial score (nSPS) is 10.7. The monoisotopic (exact) mass is 207 g/mol. The number of rotatable bonds is 5. The molecule has 0 aliphatic carbocycles. The van der Waals surface area contributed by atoms with Gasteiger partial charge in [0.25, 0.3) is 0 Å². The van der Waals surface area contributed by atoms with Crippen LogP contribution in [0.5, 0.6) is 0 Å². The quantitative estimate of drug-likeness (QED) is 0.736. The third-order valence-electron chi connectivity index (χ3n) is 2.29. The molecular weight excluding hydrogens is 186 g/mol. The molecule has 0 aromatic heterocycles. The summed E-state index contributed by atoms with van der Waals surface area (Å²) < 4.78 is 5.51. The summed E-state index contributed by atoms with van der Waals surface area (Å²) in [5.74, 6) is 0. The first-order valence-corrected chi connectivity index (χ1v) is 5.47. The van der Waals surface area contributed by atoms with Crippen LogP contribution in [0.3, 0.4) is 0 Å². The van der Waals surface area contributed by atoms with Gasteiger partial charge in [0.1, 0.15) is 0 Å². The van der Waals surface area contributed by atoms with Gasteiger partial charge in [-0.15, -0.1) is 0 Å². The van der Waals surface area contributed by atoms with Gasteiger partial charge in [-0.2, -0.15) is 0 Å². The van der Waals surface area contributed by atoms with Crippen molar-refractivity contribution in [1.29, 1.82) is 0 Å². The fraction of sp³-hybridized carbons (Fsp3) is 0.538. The van der Waals surface area contributed by atoms with Crippen LogP contribution in [0, 0.1) is 0 Å². The van der Waals surface area contributed by atoms with Crippen LogP contribution in [0.25, 0.3) is 0 Å². The lowest BCUT2D eigenvalue weighted by Crippen LogP contribution is -2.09. The van der Waals surface area contributed by atoms with Crippen LogP contribution in [0.15, 0.2) is 24.3 Å². The van der Waals surface area contributed by atoms with Gasteiger partial charge in [0.05, 0.1) is 12.7 Å². The zero-order valence-corrected chi connectivity index (χ0v) is 10.2. The van der Waals surface area contributed by atoms with Crippen molar-refractivity contribution in [2.45, 2.75) is 26.4 Å². The molecule has 15 heavy (non-hydrogen) atoms. The van der Waals surface area contributed by atoms with Crippen LogP contribution in [-0.2, 0) is 11.2 Å². The highest BCUT2D eigenvalue weighted by Crippen LogP contribution is 2.12. The van der Waals surface area contributed by atoms with Gasteiger partial charge >= 0.3 is 0 Å². The largest absolute Gasteiger partial charge is 0.378 e. The van der Waals surface area contributed by atoms with E-state index in [0.717, 1.165) is 13.0 Å². The lowest BCUT2D eigenvalue weighted by Gasteiger charge is -2.13. The van der Waals surface area contributed by atoms with E-state index >= 15 is 0 Å². The Kier molecular flexibility index (Phi) is 4.63. The summed E-state index contributed by atoms with van der Waals surface area (Å²) in [6, 6.07) is 8.62. The second-order valence-electron chi connectivity index (χ2n) is 4.23. The predicted octanol–water partition coefficient (Wildman–Crippen LogP) is 2.72. The number of hydrogen-bond acceptors (Lipinski definition) is 2. The SMILES string of the molecule is CC(C)OCCc1ccc(N(C)C)cc1. The van der Waals surface area contributed by atoms with Gasteiger partial charge in [0, 0.05) is 19.8 Å². The lowest BCUT2D eigenvalue weighted by atomic mass is 10.1. The molecule has 84 valence electrons. The summed E-state index contributed by atoms with van der Waals surface area (Å²) in [6.45, 7) is 4.93. The van der Waals surface area contributed by atoms with E-state index in [1.165, 1.54) is 11.3 Å². The molecule has 0 atom stereocenters. The minimum atomic E-state index is 0.325. The van der Waals surface area contributed by atoms with Crippen molar-refractivity contribution in [3.05, 3.63) is 29.8 Å². The molecule has 0 saturated carbocycles. The molecule has 1 rings (SSSR count). The van der Waals surface area contributed by atoms with Gasteiger partial charge < -0.3 is 9.64 Å². The van der Waals surface area contributed by atoms with Crippen LogP contribution < -0.4 is 4.90 Å². The smallest absolute Gasteiger partial charge is 0.0519 e. The Hall–Kier alpha value is -1.02. The van der Waals surface area contributed by atoms with Crippen LogP contribution >= 0.6 is 0 Å². The first-order valence-electron chi connectivity index (χ1n) is 5.47. The summed E-state index contributed by atoms with van der Waals surface area (Å²) in [4.78, 5) is 2.11. The molecule has 1 aromatic carbocycles. The molecule has 0 spiro atoms. The minimum Gasteiger partial charge on any atom is -0.378 e. The van der Waals surface area contributed by atoms with Gasteiger partial charge in [-0.1, -0.05) is 12.1 Å². The zero-order valence-electron chi connectivity index (χ0n) is 10.2. The van der Waals surface area contributed by atoms with E-state index in [1.807, 2.05) is 0 Å². The molecule has 0 heterocycles. The Morgan fingerprint density at radius 3 is 2.20 bits per heavy atom. The molecular formula is C13H21NO. The molecule has 2 nitrogen and oxygen atoms in total. The molecule has 0 unspecified atom stereocenters. The molecule has 0 saturated heterocycles. The topological polar surface area (TPSA) is 12.5 Å². The average molecular weight is 207 g/mol. The van der Waals surface area contributed by atoms with Crippen molar-refractivity contribution in [3.8, 4) is 0 Å². The molecule has 0 aliphatic heterocycles. The highest BCUT2D eigenvalue weighted by molar-refractivity contribution is 5.45.